The van der Waals surface area contributed by atoms with Crippen LogP contribution >= 0.6 is 11.6 Å². The van der Waals surface area contributed by atoms with Crippen LogP contribution in [0.1, 0.15) is 5.56 Å². The largest absolute Gasteiger partial charge is 0.545 e. The molecule has 1 aromatic carbocycles. The van der Waals surface area contributed by atoms with Gasteiger partial charge in [0.05, 0.1) is 10.9 Å². The third-order valence-electron chi connectivity index (χ3n) is 1.59. The average molecular weight is 227 g/mol. The molecule has 0 saturated heterocycles. The maximum atomic E-state index is 10.4. The van der Waals surface area contributed by atoms with Gasteiger partial charge in [0.1, 0.15) is 0 Å². The molecule has 0 atom stereocenters. The molecule has 0 amide bonds. The third-order valence-corrected chi connectivity index (χ3v) is 1.93. The van der Waals surface area contributed by atoms with Gasteiger partial charge in [-0.15, -0.1) is 0 Å². The van der Waals surface area contributed by atoms with Crippen molar-refractivity contribution in [1.82, 2.24) is 0 Å². The van der Waals surface area contributed by atoms with Crippen LogP contribution in [0, 0.1) is 10.1 Å². The first kappa shape index (κ1) is 11.2. The molecule has 0 bridgehead atoms. The maximum absolute atomic E-state index is 10.4. The van der Waals surface area contributed by atoms with E-state index in [-0.39, 0.29) is 16.3 Å². The zero-order valence-electron chi connectivity index (χ0n) is 7.34. The van der Waals surface area contributed by atoms with E-state index in [1.54, 1.807) is 0 Å². The number of hydrogen-bond donors (Lipinski definition) is 0. The average Bonchev–Trinajstić information content (AvgIpc) is 2.16. The highest BCUT2D eigenvalue weighted by Gasteiger charge is 2.07. The van der Waals surface area contributed by atoms with Gasteiger partial charge in [0.15, 0.2) is 0 Å². The molecule has 0 fully saturated rings. The minimum atomic E-state index is -1.39. The van der Waals surface area contributed by atoms with E-state index in [2.05, 4.69) is 0 Å². The summed E-state index contributed by atoms with van der Waals surface area (Å²) < 4.78 is 0. The van der Waals surface area contributed by atoms with Crippen LogP contribution < -0.4 is 5.11 Å². The second-order valence-electron chi connectivity index (χ2n) is 2.62. The Balaban J connectivity index is 3.11. The number of carboxylic acid groups (broad SMARTS) is 1. The Hall–Kier alpha value is -1.88. The normalized spacial score (nSPS) is 10.5. The molecule has 0 unspecified atom stereocenters. The fourth-order valence-corrected chi connectivity index (χ4v) is 1.11. The van der Waals surface area contributed by atoms with Crippen LogP contribution in [-0.2, 0) is 4.79 Å². The van der Waals surface area contributed by atoms with Gasteiger partial charge in [0.2, 0.25) is 0 Å². The lowest BCUT2D eigenvalue weighted by atomic mass is 10.2. The topological polar surface area (TPSA) is 83.3 Å². The van der Waals surface area contributed by atoms with Gasteiger partial charge >= 0.3 is 0 Å². The SMILES string of the molecule is O=C([O-])/C=C/c1cc([N+](=O)[O-])ccc1Cl. The lowest BCUT2D eigenvalue weighted by molar-refractivity contribution is -0.384. The van der Waals surface area contributed by atoms with E-state index < -0.39 is 10.9 Å². The zero-order valence-corrected chi connectivity index (χ0v) is 8.10. The van der Waals surface area contributed by atoms with E-state index in [1.807, 2.05) is 0 Å². The van der Waals surface area contributed by atoms with Crippen LogP contribution in [0.2, 0.25) is 5.02 Å². The molecule has 1 aromatic rings. The number of carbonyl (C=O) groups is 1. The first-order valence-corrected chi connectivity index (χ1v) is 4.21. The maximum Gasteiger partial charge on any atom is 0.270 e. The summed E-state index contributed by atoms with van der Waals surface area (Å²) in [4.78, 5) is 19.9. The molecule has 0 aliphatic carbocycles. The Morgan fingerprint density at radius 2 is 2.13 bits per heavy atom. The number of nitro benzene ring substituents is 1. The quantitative estimate of drug-likeness (QED) is 0.437. The van der Waals surface area contributed by atoms with Crippen LogP contribution in [0.5, 0.6) is 0 Å². The number of aliphatic carboxylic acids is 1. The van der Waals surface area contributed by atoms with Crippen molar-refractivity contribution >= 4 is 29.3 Å². The summed E-state index contributed by atoms with van der Waals surface area (Å²) in [6.07, 6.45) is 1.90. The summed E-state index contributed by atoms with van der Waals surface area (Å²) in [7, 11) is 0. The highest BCUT2D eigenvalue weighted by Crippen LogP contribution is 2.22. The number of halogens is 1. The smallest absolute Gasteiger partial charge is 0.270 e. The molecule has 0 N–H and O–H groups in total. The minimum absolute atomic E-state index is 0.155. The molecule has 0 radical (unpaired) electrons. The van der Waals surface area contributed by atoms with E-state index in [0.717, 1.165) is 12.2 Å². The Morgan fingerprint density at radius 3 is 2.67 bits per heavy atom. The lowest BCUT2D eigenvalue weighted by Crippen LogP contribution is -2.18. The van der Waals surface area contributed by atoms with Crippen LogP contribution in [0.15, 0.2) is 24.3 Å². The second kappa shape index (κ2) is 4.56. The van der Waals surface area contributed by atoms with Gasteiger partial charge in [0.25, 0.3) is 5.69 Å². The fourth-order valence-electron chi connectivity index (χ4n) is 0.930. The first-order chi connectivity index (χ1) is 7.00. The fraction of sp³-hybridized carbons (Fsp3) is 0. The molecular formula is C9H5ClNO4-. The number of benzene rings is 1. The van der Waals surface area contributed by atoms with Crippen LogP contribution in [0.3, 0.4) is 0 Å². The lowest BCUT2D eigenvalue weighted by Gasteiger charge is -1.98. The molecule has 0 aromatic heterocycles. The molecule has 0 aliphatic rings. The van der Waals surface area contributed by atoms with Crippen molar-refractivity contribution in [3.8, 4) is 0 Å². The summed E-state index contributed by atoms with van der Waals surface area (Å²) >= 11 is 5.70. The molecule has 6 heteroatoms. The Labute approximate surface area is 89.7 Å². The number of nitrogens with zero attached hydrogens (tertiary/aromatic N) is 1. The van der Waals surface area contributed by atoms with E-state index in [9.17, 15) is 20.0 Å². The van der Waals surface area contributed by atoms with Gasteiger partial charge in [-0.05, 0) is 17.7 Å². The number of carboxylic acids is 1. The van der Waals surface area contributed by atoms with Gasteiger partial charge in [-0.25, -0.2) is 0 Å². The Bertz CT molecular complexity index is 442. The first-order valence-electron chi connectivity index (χ1n) is 3.83. The van der Waals surface area contributed by atoms with Crippen molar-refractivity contribution in [2.24, 2.45) is 0 Å². The number of non-ortho nitro benzene ring substituents is 1. The molecule has 0 spiro atoms. The van der Waals surface area contributed by atoms with Crippen molar-refractivity contribution in [1.29, 1.82) is 0 Å². The number of carbonyl (C=O) groups excluding carboxylic acids is 1. The number of hydrogen-bond acceptors (Lipinski definition) is 4. The molecule has 15 heavy (non-hydrogen) atoms. The Kier molecular flexibility index (Phi) is 3.41. The highest BCUT2D eigenvalue weighted by atomic mass is 35.5. The predicted molar refractivity (Wildman–Crippen MR) is 52.1 cm³/mol. The number of rotatable bonds is 3. The molecule has 0 aliphatic heterocycles. The number of nitro groups is 1. The van der Waals surface area contributed by atoms with Gasteiger partial charge < -0.3 is 9.90 Å². The third kappa shape index (κ3) is 3.07. The van der Waals surface area contributed by atoms with Crippen molar-refractivity contribution in [3.05, 3.63) is 45.0 Å². The van der Waals surface area contributed by atoms with Crippen molar-refractivity contribution in [2.45, 2.75) is 0 Å². The van der Waals surface area contributed by atoms with E-state index in [4.69, 9.17) is 11.6 Å². The monoisotopic (exact) mass is 226 g/mol. The molecular weight excluding hydrogens is 222 g/mol. The molecule has 0 saturated carbocycles. The summed E-state index contributed by atoms with van der Waals surface area (Å²) in [6.45, 7) is 0. The van der Waals surface area contributed by atoms with Crippen molar-refractivity contribution in [2.75, 3.05) is 0 Å². The standard InChI is InChI=1S/C9H6ClNO4/c10-8-3-2-7(11(14)15)5-6(8)1-4-9(12)13/h1-5H,(H,12,13)/p-1/b4-1+. The summed E-state index contributed by atoms with van der Waals surface area (Å²) in [6, 6.07) is 3.75. The van der Waals surface area contributed by atoms with Gasteiger partial charge in [-0.1, -0.05) is 17.7 Å². The summed E-state index contributed by atoms with van der Waals surface area (Å²) in [5.74, 6) is -1.39. The predicted octanol–water partition coefficient (Wildman–Crippen LogP) is 1.01. The second-order valence-corrected chi connectivity index (χ2v) is 3.02. The summed E-state index contributed by atoms with van der Waals surface area (Å²) in [5, 5.41) is 20.8. The Morgan fingerprint density at radius 1 is 1.47 bits per heavy atom. The molecule has 1 rings (SSSR count). The molecule has 5 nitrogen and oxygen atoms in total. The van der Waals surface area contributed by atoms with Crippen molar-refractivity contribution in [3.63, 3.8) is 0 Å². The van der Waals surface area contributed by atoms with Gasteiger partial charge in [0, 0.05) is 17.2 Å². The van der Waals surface area contributed by atoms with Crippen molar-refractivity contribution < 1.29 is 14.8 Å². The van der Waals surface area contributed by atoms with E-state index >= 15 is 0 Å². The van der Waals surface area contributed by atoms with E-state index in [0.29, 0.717) is 0 Å². The van der Waals surface area contributed by atoms with Gasteiger partial charge in [-0.3, -0.25) is 10.1 Å². The highest BCUT2D eigenvalue weighted by molar-refractivity contribution is 6.32. The van der Waals surface area contributed by atoms with E-state index in [1.165, 1.54) is 18.2 Å². The van der Waals surface area contributed by atoms with Crippen LogP contribution in [-0.4, -0.2) is 10.9 Å². The zero-order chi connectivity index (χ0) is 11.4. The minimum Gasteiger partial charge on any atom is -0.545 e. The van der Waals surface area contributed by atoms with Gasteiger partial charge in [-0.2, -0.15) is 0 Å². The summed E-state index contributed by atoms with van der Waals surface area (Å²) in [5.41, 5.74) is 0.104. The molecule has 78 valence electrons. The molecule has 0 heterocycles. The van der Waals surface area contributed by atoms with Crippen LogP contribution in [0.25, 0.3) is 6.08 Å². The van der Waals surface area contributed by atoms with Crippen LogP contribution in [0.4, 0.5) is 5.69 Å².